The van der Waals surface area contributed by atoms with Gasteiger partial charge in [-0.3, -0.25) is 4.98 Å². The smallest absolute Gasteiger partial charge is 0.141 e. The Morgan fingerprint density at radius 2 is 2.06 bits per heavy atom. The molecule has 0 aliphatic rings. The number of nitrogens with zero attached hydrogens (tertiary/aromatic N) is 2. The van der Waals surface area contributed by atoms with Gasteiger partial charge in [0, 0.05) is 11.7 Å². The van der Waals surface area contributed by atoms with E-state index < -0.39 is 0 Å². The summed E-state index contributed by atoms with van der Waals surface area (Å²) < 4.78 is 13.4. The highest BCUT2D eigenvalue weighted by atomic mass is 19.1. The quantitative estimate of drug-likeness (QED) is 0.844. The molecule has 0 fully saturated rings. The Balaban J connectivity index is 3.16. The molecule has 0 saturated carbocycles. The number of pyridine rings is 1. The first-order valence-electron chi connectivity index (χ1n) is 6.47. The third-order valence-electron chi connectivity index (χ3n) is 3.83. The lowest BCUT2D eigenvalue weighted by molar-refractivity contribution is 0.113. The van der Waals surface area contributed by atoms with Gasteiger partial charge < -0.3 is 10.2 Å². The zero-order chi connectivity index (χ0) is 13.8. The predicted molar refractivity (Wildman–Crippen MR) is 73.0 cm³/mol. The highest BCUT2D eigenvalue weighted by Crippen LogP contribution is 2.32. The first kappa shape index (κ1) is 15.1. The molecule has 3 nitrogen and oxygen atoms in total. The maximum Gasteiger partial charge on any atom is 0.141 e. The molecule has 1 N–H and O–H groups in total. The lowest BCUT2D eigenvalue weighted by atomic mass is 9.84. The second-order valence-electron chi connectivity index (χ2n) is 5.03. The highest BCUT2D eigenvalue weighted by molar-refractivity contribution is 5.20. The van der Waals surface area contributed by atoms with Crippen molar-refractivity contribution in [1.82, 2.24) is 15.2 Å². The Hall–Kier alpha value is -1.00. The zero-order valence-corrected chi connectivity index (χ0v) is 12.0. The fourth-order valence-corrected chi connectivity index (χ4v) is 2.27. The van der Waals surface area contributed by atoms with Gasteiger partial charge >= 0.3 is 0 Å². The summed E-state index contributed by atoms with van der Waals surface area (Å²) in [6.45, 7) is 7.23. The molecule has 0 aliphatic carbocycles. The normalized spacial score (nSPS) is 16.6. The summed E-state index contributed by atoms with van der Waals surface area (Å²) in [6.07, 6.45) is 3.95. The molecule has 0 aliphatic heterocycles. The molecule has 0 amide bonds. The monoisotopic (exact) mass is 253 g/mol. The lowest BCUT2D eigenvalue weighted by Gasteiger charge is -2.43. The van der Waals surface area contributed by atoms with Gasteiger partial charge in [-0.05, 0) is 45.6 Å². The first-order chi connectivity index (χ1) is 8.45. The second kappa shape index (κ2) is 6.25. The van der Waals surface area contributed by atoms with Gasteiger partial charge in [-0.2, -0.15) is 0 Å². The summed E-state index contributed by atoms with van der Waals surface area (Å²) in [5.74, 6) is -0.285. The largest absolute Gasteiger partial charge is 0.309 e. The Morgan fingerprint density at radius 3 is 2.50 bits per heavy atom. The molecule has 0 aromatic carbocycles. The van der Waals surface area contributed by atoms with Gasteiger partial charge in [0.2, 0.25) is 0 Å². The van der Waals surface area contributed by atoms with E-state index in [-0.39, 0.29) is 17.4 Å². The minimum atomic E-state index is -0.285. The van der Waals surface area contributed by atoms with Crippen LogP contribution in [0.25, 0.3) is 0 Å². The van der Waals surface area contributed by atoms with Crippen LogP contribution in [0.1, 0.15) is 38.8 Å². The number of hydrogen-bond donors (Lipinski definition) is 1. The van der Waals surface area contributed by atoms with Crippen molar-refractivity contribution in [3.05, 3.63) is 29.8 Å². The molecule has 1 aromatic rings. The van der Waals surface area contributed by atoms with Gasteiger partial charge in [-0.25, -0.2) is 4.39 Å². The fourth-order valence-electron chi connectivity index (χ4n) is 2.27. The van der Waals surface area contributed by atoms with Crippen LogP contribution in [0.15, 0.2) is 18.5 Å². The topological polar surface area (TPSA) is 28.2 Å². The standard InChI is InChI=1S/C14H24FN3/c1-6-14(3,18(4)5)13(17-7-2)11-8-12(15)10-16-9-11/h8-10,13,17H,6-7H2,1-5H3. The minimum absolute atomic E-state index is 0.0608. The van der Waals surface area contributed by atoms with Crippen molar-refractivity contribution in [3.8, 4) is 0 Å². The molecule has 4 heteroatoms. The Kier molecular flexibility index (Phi) is 5.23. The van der Waals surface area contributed by atoms with Crippen molar-refractivity contribution < 1.29 is 4.39 Å². The zero-order valence-electron chi connectivity index (χ0n) is 12.0. The number of rotatable bonds is 6. The van der Waals surface area contributed by atoms with Crippen LogP contribution < -0.4 is 5.32 Å². The summed E-state index contributed by atoms with van der Waals surface area (Å²) in [7, 11) is 4.11. The van der Waals surface area contributed by atoms with Crippen molar-refractivity contribution in [3.63, 3.8) is 0 Å². The van der Waals surface area contributed by atoms with E-state index in [1.807, 2.05) is 0 Å². The lowest BCUT2D eigenvalue weighted by Crippen LogP contribution is -2.51. The Morgan fingerprint density at radius 1 is 1.39 bits per heavy atom. The molecule has 1 rings (SSSR count). The van der Waals surface area contributed by atoms with Gasteiger partial charge in [-0.15, -0.1) is 0 Å². The molecule has 0 bridgehead atoms. The van der Waals surface area contributed by atoms with Crippen LogP contribution in [0.4, 0.5) is 4.39 Å². The molecule has 0 saturated heterocycles. The van der Waals surface area contributed by atoms with Crippen LogP contribution >= 0.6 is 0 Å². The van der Waals surface area contributed by atoms with E-state index in [1.165, 1.54) is 6.20 Å². The van der Waals surface area contributed by atoms with Crippen LogP contribution in [0, 0.1) is 5.82 Å². The van der Waals surface area contributed by atoms with E-state index in [9.17, 15) is 4.39 Å². The van der Waals surface area contributed by atoms with Crippen molar-refractivity contribution in [2.75, 3.05) is 20.6 Å². The average Bonchev–Trinajstić information content (AvgIpc) is 2.34. The van der Waals surface area contributed by atoms with Gasteiger partial charge in [0.15, 0.2) is 0 Å². The summed E-state index contributed by atoms with van der Waals surface area (Å²) in [5, 5.41) is 3.45. The molecule has 2 unspecified atom stereocenters. The van der Waals surface area contributed by atoms with Crippen molar-refractivity contribution in [2.24, 2.45) is 0 Å². The molecular weight excluding hydrogens is 229 g/mol. The number of nitrogens with one attached hydrogen (secondary N) is 1. The maximum atomic E-state index is 13.4. The summed E-state index contributed by atoms with van der Waals surface area (Å²) >= 11 is 0. The SMILES string of the molecule is CCNC(c1cncc(F)c1)C(C)(CC)N(C)C. The third-order valence-corrected chi connectivity index (χ3v) is 3.83. The van der Waals surface area contributed by atoms with E-state index in [1.54, 1.807) is 12.3 Å². The average molecular weight is 253 g/mol. The predicted octanol–water partition coefficient (Wildman–Crippen LogP) is 2.60. The van der Waals surface area contributed by atoms with Crippen LogP contribution in [-0.4, -0.2) is 36.1 Å². The molecule has 1 heterocycles. The minimum Gasteiger partial charge on any atom is -0.309 e. The van der Waals surface area contributed by atoms with Gasteiger partial charge in [0.05, 0.1) is 12.2 Å². The molecule has 18 heavy (non-hydrogen) atoms. The molecule has 0 radical (unpaired) electrons. The summed E-state index contributed by atoms with van der Waals surface area (Å²) in [4.78, 5) is 6.15. The number of hydrogen-bond acceptors (Lipinski definition) is 3. The van der Waals surface area contributed by atoms with Gasteiger partial charge in [0.25, 0.3) is 0 Å². The number of halogens is 1. The van der Waals surface area contributed by atoms with Crippen molar-refractivity contribution in [2.45, 2.75) is 38.8 Å². The van der Waals surface area contributed by atoms with Crippen molar-refractivity contribution >= 4 is 0 Å². The third kappa shape index (κ3) is 3.06. The van der Waals surface area contributed by atoms with E-state index in [2.05, 4.69) is 50.1 Å². The van der Waals surface area contributed by atoms with E-state index in [0.717, 1.165) is 18.5 Å². The molecule has 1 aromatic heterocycles. The highest BCUT2D eigenvalue weighted by Gasteiger charge is 2.35. The molecule has 2 atom stereocenters. The molecular formula is C14H24FN3. The maximum absolute atomic E-state index is 13.4. The van der Waals surface area contributed by atoms with E-state index >= 15 is 0 Å². The first-order valence-corrected chi connectivity index (χ1v) is 6.47. The Bertz CT molecular complexity index is 381. The molecule has 102 valence electrons. The fraction of sp³-hybridized carbons (Fsp3) is 0.643. The van der Waals surface area contributed by atoms with E-state index in [0.29, 0.717) is 0 Å². The van der Waals surface area contributed by atoms with Crippen LogP contribution in [-0.2, 0) is 0 Å². The number of aromatic nitrogens is 1. The molecule has 0 spiro atoms. The summed E-state index contributed by atoms with van der Waals surface area (Å²) in [5.41, 5.74) is 0.820. The second-order valence-corrected chi connectivity index (χ2v) is 5.03. The van der Waals surface area contributed by atoms with E-state index in [4.69, 9.17) is 0 Å². The van der Waals surface area contributed by atoms with Gasteiger partial charge in [0.1, 0.15) is 5.82 Å². The van der Waals surface area contributed by atoms with Crippen LogP contribution in [0.2, 0.25) is 0 Å². The van der Waals surface area contributed by atoms with Crippen LogP contribution in [0.3, 0.4) is 0 Å². The summed E-state index contributed by atoms with van der Waals surface area (Å²) in [6, 6.07) is 1.63. The number of likely N-dealkylation sites (N-methyl/N-ethyl adjacent to an activating group) is 2. The van der Waals surface area contributed by atoms with Crippen LogP contribution in [0.5, 0.6) is 0 Å². The van der Waals surface area contributed by atoms with Gasteiger partial charge in [-0.1, -0.05) is 13.8 Å². The Labute approximate surface area is 109 Å². The van der Waals surface area contributed by atoms with Crippen molar-refractivity contribution in [1.29, 1.82) is 0 Å².